The number of hydrogen-bond acceptors (Lipinski definition) is 2. The largest absolute Gasteiger partial charge is 0.747 e. The fourth-order valence-corrected chi connectivity index (χ4v) is 2.24. The molecule has 0 bridgehead atoms. The van der Waals surface area contributed by atoms with Crippen molar-refractivity contribution in [2.75, 3.05) is 0 Å². The van der Waals surface area contributed by atoms with E-state index in [9.17, 15) is 5.11 Å². The van der Waals surface area contributed by atoms with Gasteiger partial charge in [-0.2, -0.15) is 18.2 Å². The molecule has 2 aromatic carbocycles. The van der Waals surface area contributed by atoms with E-state index in [-0.39, 0.29) is 17.1 Å². The first-order chi connectivity index (χ1) is 8.38. The van der Waals surface area contributed by atoms with Crippen molar-refractivity contribution in [3.05, 3.63) is 82.6 Å². The minimum atomic E-state index is -0.444. The fraction of sp³-hybridized carbons (Fsp3) is 0.0667. The third-order valence-electron chi connectivity index (χ3n) is 2.37. The van der Waals surface area contributed by atoms with E-state index in [0.717, 1.165) is 10.4 Å². The third kappa shape index (κ3) is 4.28. The van der Waals surface area contributed by atoms with Crippen LogP contribution < -0.4 is 0 Å². The topological polar surface area (TPSA) is 20.2 Å². The van der Waals surface area contributed by atoms with Gasteiger partial charge in [0.25, 0.3) is 0 Å². The molecule has 18 heavy (non-hydrogen) atoms. The average Bonchev–Trinajstić information content (AvgIpc) is 3.11. The summed E-state index contributed by atoms with van der Waals surface area (Å²) >= 11 is 1.58. The molecule has 0 saturated carbocycles. The van der Waals surface area contributed by atoms with E-state index in [1.165, 1.54) is 0 Å². The summed E-state index contributed by atoms with van der Waals surface area (Å²) in [6, 6.07) is 21.6. The van der Waals surface area contributed by atoms with Crippen molar-refractivity contribution in [3.63, 3.8) is 0 Å². The van der Waals surface area contributed by atoms with Crippen molar-refractivity contribution < 1.29 is 22.2 Å². The van der Waals surface area contributed by atoms with Crippen molar-refractivity contribution in [1.29, 1.82) is 0 Å². The molecule has 0 aliphatic heterocycles. The first-order valence-corrected chi connectivity index (χ1v) is 6.35. The number of aliphatic hydroxyl groups excluding tert-OH is 1. The number of thiophene rings is 1. The summed E-state index contributed by atoms with van der Waals surface area (Å²) in [6.45, 7) is 0. The van der Waals surface area contributed by atoms with Gasteiger partial charge in [0.1, 0.15) is 0 Å². The van der Waals surface area contributed by atoms with Gasteiger partial charge in [0, 0.05) is 21.9 Å². The average molecular weight is 298 g/mol. The van der Waals surface area contributed by atoms with Gasteiger partial charge in [0.15, 0.2) is 0 Å². The van der Waals surface area contributed by atoms with Crippen LogP contribution in [0.2, 0.25) is 0 Å². The van der Waals surface area contributed by atoms with Crippen LogP contribution >= 0.6 is 11.3 Å². The zero-order chi connectivity index (χ0) is 11.9. The Morgan fingerprint density at radius 1 is 1.11 bits per heavy atom. The molecule has 0 aliphatic rings. The Hall–Kier alpha value is -1.12. The molecule has 1 unspecified atom stereocenters. The Morgan fingerprint density at radius 2 is 1.78 bits per heavy atom. The van der Waals surface area contributed by atoms with Crippen molar-refractivity contribution in [2.45, 2.75) is 6.10 Å². The molecule has 1 atom stereocenters. The van der Waals surface area contributed by atoms with Crippen molar-refractivity contribution >= 4 is 11.3 Å². The van der Waals surface area contributed by atoms with E-state index in [1.54, 1.807) is 11.3 Å². The number of hydrogen-bond donors (Lipinski definition) is 1. The molecule has 1 nitrogen and oxygen atoms in total. The second-order valence-electron chi connectivity index (χ2n) is 3.60. The second-order valence-corrected chi connectivity index (χ2v) is 4.58. The third-order valence-corrected chi connectivity index (χ3v) is 3.30. The standard InChI is InChI=1S/C10H9OS.C5H5.Fe/c11-10(8-4-1-2-5-8)9-6-3-7-12-9;1-2-4-5-3-1;/h1-7,10-11H;1-5H;/q-5;-1;. The summed E-state index contributed by atoms with van der Waals surface area (Å²) in [7, 11) is 0. The molecule has 0 amide bonds. The van der Waals surface area contributed by atoms with Gasteiger partial charge in [-0.3, -0.25) is 0 Å². The van der Waals surface area contributed by atoms with E-state index in [0.29, 0.717) is 0 Å². The monoisotopic (exact) mass is 298 g/mol. The predicted molar refractivity (Wildman–Crippen MR) is 72.5 cm³/mol. The molecule has 3 heteroatoms. The van der Waals surface area contributed by atoms with Crippen LogP contribution in [0, 0.1) is 0 Å². The normalized spacial score (nSPS) is 10.9. The van der Waals surface area contributed by atoms with Gasteiger partial charge in [-0.1, -0.05) is 12.2 Å². The molecule has 0 spiro atoms. The van der Waals surface area contributed by atoms with Gasteiger partial charge < -0.3 is 34.9 Å². The van der Waals surface area contributed by atoms with Gasteiger partial charge in [0.05, 0.1) is 0 Å². The molecule has 1 heterocycles. The Bertz CT molecular complexity index is 431. The Kier molecular flexibility index (Phi) is 6.69. The Balaban J connectivity index is 0.000000230. The van der Waals surface area contributed by atoms with Gasteiger partial charge in [0.2, 0.25) is 0 Å². The van der Waals surface area contributed by atoms with Crippen molar-refractivity contribution in [2.24, 2.45) is 0 Å². The zero-order valence-corrected chi connectivity index (χ0v) is 11.6. The summed E-state index contributed by atoms with van der Waals surface area (Å²) in [5, 5.41) is 11.8. The second kappa shape index (κ2) is 8.06. The molecule has 0 fully saturated rings. The number of rotatable bonds is 2. The molecule has 100 valence electrons. The van der Waals surface area contributed by atoms with Gasteiger partial charge in [-0.15, -0.1) is 11.3 Å². The first kappa shape index (κ1) is 14.9. The summed E-state index contributed by atoms with van der Waals surface area (Å²) in [5.41, 5.74) is 0.970. The minimum Gasteiger partial charge on any atom is -0.747 e. The molecule has 3 rings (SSSR count). The molecule has 1 N–H and O–H groups in total. The van der Waals surface area contributed by atoms with Crippen LogP contribution in [0.3, 0.4) is 0 Å². The summed E-state index contributed by atoms with van der Waals surface area (Å²) in [5.74, 6) is 0. The first-order valence-electron chi connectivity index (χ1n) is 5.47. The molecule has 0 saturated heterocycles. The van der Waals surface area contributed by atoms with Crippen LogP contribution in [0.4, 0.5) is 0 Å². The maximum atomic E-state index is 9.78. The van der Waals surface area contributed by atoms with Crippen LogP contribution in [0.15, 0.2) is 72.1 Å². The summed E-state index contributed by atoms with van der Waals surface area (Å²) < 4.78 is 0. The zero-order valence-electron chi connectivity index (χ0n) is 9.71. The van der Waals surface area contributed by atoms with Crippen LogP contribution in [-0.4, -0.2) is 5.11 Å². The van der Waals surface area contributed by atoms with E-state index in [4.69, 9.17) is 0 Å². The molecule has 0 aliphatic carbocycles. The molecular weight excluding hydrogens is 284 g/mol. The molecule has 0 radical (unpaired) electrons. The molecule has 1 aromatic heterocycles. The summed E-state index contributed by atoms with van der Waals surface area (Å²) in [4.78, 5) is 1.00. The van der Waals surface area contributed by atoms with E-state index < -0.39 is 6.10 Å². The number of aliphatic hydroxyl groups is 1. The van der Waals surface area contributed by atoms with Gasteiger partial charge in [-0.25, -0.2) is 12.1 Å². The SMILES string of the molecule is OC(c1cccs1)[c-]1[cH-][cH-][cH-][cH-]1.[Fe].c1cc[cH-]c1. The quantitative estimate of drug-likeness (QED) is 0.561. The van der Waals surface area contributed by atoms with Crippen LogP contribution in [-0.2, 0) is 17.1 Å². The Morgan fingerprint density at radius 3 is 2.22 bits per heavy atom. The van der Waals surface area contributed by atoms with Crippen molar-refractivity contribution in [1.82, 2.24) is 0 Å². The maximum Gasteiger partial charge on any atom is 0.000769 e. The van der Waals surface area contributed by atoms with Crippen molar-refractivity contribution in [3.8, 4) is 0 Å². The molecule has 3 aromatic rings. The van der Waals surface area contributed by atoms with Gasteiger partial charge in [-0.05, 0) is 11.4 Å². The Labute approximate surface area is 122 Å². The van der Waals surface area contributed by atoms with Crippen LogP contribution in [0.1, 0.15) is 16.5 Å². The van der Waals surface area contributed by atoms with E-state index in [1.807, 2.05) is 72.1 Å². The van der Waals surface area contributed by atoms with E-state index >= 15 is 0 Å². The summed E-state index contributed by atoms with van der Waals surface area (Å²) in [6.07, 6.45) is -0.444. The van der Waals surface area contributed by atoms with E-state index in [2.05, 4.69) is 0 Å². The van der Waals surface area contributed by atoms with Crippen LogP contribution in [0.5, 0.6) is 0 Å². The smallest absolute Gasteiger partial charge is 0.000769 e. The minimum absolute atomic E-state index is 0. The van der Waals surface area contributed by atoms with Gasteiger partial charge >= 0.3 is 0 Å². The maximum absolute atomic E-state index is 9.78. The van der Waals surface area contributed by atoms with Crippen LogP contribution in [0.25, 0.3) is 0 Å². The fourth-order valence-electron chi connectivity index (χ4n) is 1.50. The molecular formula is C15H14FeOS-6. The predicted octanol–water partition coefficient (Wildman–Crippen LogP) is 3.95.